The first-order chi connectivity index (χ1) is 9.74. The topological polar surface area (TPSA) is 57.3 Å². The van der Waals surface area contributed by atoms with Gasteiger partial charge in [-0.05, 0) is 37.3 Å². The molecule has 5 nitrogen and oxygen atoms in total. The molecule has 0 unspecified atom stereocenters. The molecule has 0 spiro atoms. The van der Waals surface area contributed by atoms with Crippen molar-refractivity contribution in [2.24, 2.45) is 5.92 Å². The van der Waals surface area contributed by atoms with Crippen LogP contribution in [0.3, 0.4) is 0 Å². The molecule has 1 aromatic heterocycles. The zero-order valence-corrected chi connectivity index (χ0v) is 12.8. The van der Waals surface area contributed by atoms with Crippen molar-refractivity contribution in [3.8, 4) is 0 Å². The van der Waals surface area contributed by atoms with Crippen LogP contribution in [0.5, 0.6) is 0 Å². The van der Waals surface area contributed by atoms with Crippen molar-refractivity contribution in [2.45, 2.75) is 24.8 Å². The lowest BCUT2D eigenvalue weighted by molar-refractivity contribution is -0.0439. The SMILES string of the molecule is Cl.O=C(NC12CC(C1)C2)c1ccc(N2CCNCC2)cn1. The van der Waals surface area contributed by atoms with E-state index < -0.39 is 0 Å². The number of pyridine rings is 1. The van der Waals surface area contributed by atoms with Gasteiger partial charge in [-0.15, -0.1) is 12.4 Å². The van der Waals surface area contributed by atoms with Crippen LogP contribution in [-0.2, 0) is 0 Å². The van der Waals surface area contributed by atoms with E-state index in [1.165, 1.54) is 0 Å². The van der Waals surface area contributed by atoms with Gasteiger partial charge in [0.05, 0.1) is 11.9 Å². The van der Waals surface area contributed by atoms with Crippen LogP contribution in [0.1, 0.15) is 29.8 Å². The Labute approximate surface area is 130 Å². The number of nitrogens with one attached hydrogen (secondary N) is 2. The molecule has 1 aliphatic heterocycles. The Morgan fingerprint density at radius 3 is 2.52 bits per heavy atom. The number of hydrogen-bond acceptors (Lipinski definition) is 4. The quantitative estimate of drug-likeness (QED) is 0.881. The van der Waals surface area contributed by atoms with Gasteiger partial charge in [0.2, 0.25) is 0 Å². The maximum Gasteiger partial charge on any atom is 0.270 e. The molecule has 1 aromatic rings. The summed E-state index contributed by atoms with van der Waals surface area (Å²) in [6.45, 7) is 4.01. The smallest absolute Gasteiger partial charge is 0.270 e. The summed E-state index contributed by atoms with van der Waals surface area (Å²) >= 11 is 0. The highest BCUT2D eigenvalue weighted by atomic mass is 35.5. The van der Waals surface area contributed by atoms with Gasteiger partial charge in [0, 0.05) is 31.7 Å². The molecule has 5 rings (SSSR count). The Morgan fingerprint density at radius 2 is 2.00 bits per heavy atom. The van der Waals surface area contributed by atoms with E-state index in [9.17, 15) is 4.79 Å². The number of rotatable bonds is 3. The number of anilines is 1. The Balaban J connectivity index is 0.00000132. The molecule has 1 amide bonds. The van der Waals surface area contributed by atoms with Crippen molar-refractivity contribution < 1.29 is 4.79 Å². The molecule has 4 aliphatic rings. The number of aromatic nitrogens is 1. The van der Waals surface area contributed by atoms with Crippen LogP contribution in [0.15, 0.2) is 18.3 Å². The minimum Gasteiger partial charge on any atom is -0.368 e. The molecule has 0 radical (unpaired) electrons. The van der Waals surface area contributed by atoms with E-state index in [4.69, 9.17) is 0 Å². The van der Waals surface area contributed by atoms with Crippen LogP contribution in [0.4, 0.5) is 5.69 Å². The molecule has 0 atom stereocenters. The van der Waals surface area contributed by atoms with Crippen LogP contribution in [0.25, 0.3) is 0 Å². The maximum atomic E-state index is 12.2. The average molecular weight is 309 g/mol. The van der Waals surface area contributed by atoms with E-state index in [1.54, 1.807) is 0 Å². The number of carbonyl (C=O) groups excluding carboxylic acids is 1. The fraction of sp³-hybridized carbons (Fsp3) is 0.600. The van der Waals surface area contributed by atoms with Crippen molar-refractivity contribution in [3.05, 3.63) is 24.0 Å². The first kappa shape index (κ1) is 14.6. The highest BCUT2D eigenvalue weighted by Gasteiger charge is 2.57. The fourth-order valence-corrected chi connectivity index (χ4v) is 3.57. The van der Waals surface area contributed by atoms with Crippen LogP contribution < -0.4 is 15.5 Å². The molecule has 2 N–H and O–H groups in total. The second kappa shape index (κ2) is 5.46. The highest BCUT2D eigenvalue weighted by Crippen LogP contribution is 2.56. The molecule has 3 aliphatic carbocycles. The lowest BCUT2D eigenvalue weighted by atomic mass is 9.50. The van der Waals surface area contributed by atoms with E-state index in [-0.39, 0.29) is 23.9 Å². The van der Waals surface area contributed by atoms with Gasteiger partial charge in [-0.3, -0.25) is 4.79 Å². The zero-order valence-electron chi connectivity index (χ0n) is 12.0. The molecule has 3 saturated carbocycles. The molecule has 2 bridgehead atoms. The van der Waals surface area contributed by atoms with E-state index in [1.807, 2.05) is 18.3 Å². The molecule has 4 fully saturated rings. The minimum absolute atomic E-state index is 0. The molecule has 6 heteroatoms. The Bertz CT molecular complexity index is 510. The fourth-order valence-electron chi connectivity index (χ4n) is 3.57. The summed E-state index contributed by atoms with van der Waals surface area (Å²) in [6.07, 6.45) is 5.31. The number of carbonyl (C=O) groups is 1. The molecule has 0 aromatic carbocycles. The molecule has 21 heavy (non-hydrogen) atoms. The first-order valence-corrected chi connectivity index (χ1v) is 7.48. The third kappa shape index (κ3) is 2.60. The number of piperazine rings is 1. The highest BCUT2D eigenvalue weighted by molar-refractivity contribution is 5.93. The summed E-state index contributed by atoms with van der Waals surface area (Å²) < 4.78 is 0. The van der Waals surface area contributed by atoms with E-state index in [0.717, 1.165) is 57.0 Å². The van der Waals surface area contributed by atoms with E-state index >= 15 is 0 Å². The largest absolute Gasteiger partial charge is 0.368 e. The van der Waals surface area contributed by atoms with E-state index in [0.29, 0.717) is 5.69 Å². The normalized spacial score (nSPS) is 29.7. The van der Waals surface area contributed by atoms with Gasteiger partial charge in [-0.25, -0.2) is 4.98 Å². The third-order valence-corrected chi connectivity index (χ3v) is 4.88. The van der Waals surface area contributed by atoms with Gasteiger partial charge < -0.3 is 15.5 Å². The summed E-state index contributed by atoms with van der Waals surface area (Å²) in [4.78, 5) is 18.8. The summed E-state index contributed by atoms with van der Waals surface area (Å²) in [5, 5.41) is 6.48. The Kier molecular flexibility index (Phi) is 3.80. The van der Waals surface area contributed by atoms with Crippen molar-refractivity contribution in [2.75, 3.05) is 31.1 Å². The van der Waals surface area contributed by atoms with Crippen molar-refractivity contribution >= 4 is 24.0 Å². The zero-order chi connectivity index (χ0) is 13.6. The Morgan fingerprint density at radius 1 is 1.29 bits per heavy atom. The van der Waals surface area contributed by atoms with Crippen LogP contribution in [0.2, 0.25) is 0 Å². The standard InChI is InChI=1S/C15H20N4O.ClH/c20-14(18-15-7-11(8-15)9-15)13-2-1-12(10-17-13)19-5-3-16-4-6-19;/h1-2,10-11,16H,3-9H2,(H,18,20);1H. The maximum absolute atomic E-state index is 12.2. The van der Waals surface area contributed by atoms with Crippen LogP contribution >= 0.6 is 12.4 Å². The number of hydrogen-bond donors (Lipinski definition) is 2. The van der Waals surface area contributed by atoms with Crippen molar-refractivity contribution in [1.29, 1.82) is 0 Å². The monoisotopic (exact) mass is 308 g/mol. The number of nitrogens with zero attached hydrogens (tertiary/aromatic N) is 2. The third-order valence-electron chi connectivity index (χ3n) is 4.88. The number of amides is 1. The average Bonchev–Trinajstić information content (AvgIpc) is 2.42. The number of halogens is 1. The predicted octanol–water partition coefficient (Wildman–Crippen LogP) is 1.20. The predicted molar refractivity (Wildman–Crippen MR) is 84.1 cm³/mol. The van der Waals surface area contributed by atoms with Gasteiger partial charge in [0.25, 0.3) is 5.91 Å². The second-order valence-corrected chi connectivity index (χ2v) is 6.35. The second-order valence-electron chi connectivity index (χ2n) is 6.35. The lowest BCUT2D eigenvalue weighted by Crippen LogP contribution is -2.68. The van der Waals surface area contributed by atoms with Crippen LogP contribution in [0, 0.1) is 5.92 Å². The Hall–Kier alpha value is -1.33. The van der Waals surface area contributed by atoms with Crippen LogP contribution in [-0.4, -0.2) is 42.6 Å². The lowest BCUT2D eigenvalue weighted by Gasteiger charge is -2.61. The van der Waals surface area contributed by atoms with Gasteiger partial charge >= 0.3 is 0 Å². The minimum atomic E-state index is -0.0185. The molecule has 114 valence electrons. The molecular formula is C15H21ClN4O. The summed E-state index contributed by atoms with van der Waals surface area (Å²) in [5.41, 5.74) is 1.77. The van der Waals surface area contributed by atoms with Gasteiger partial charge in [-0.1, -0.05) is 0 Å². The molecular weight excluding hydrogens is 288 g/mol. The summed E-state index contributed by atoms with van der Waals surface area (Å²) in [5.74, 6) is 0.855. The van der Waals surface area contributed by atoms with Crippen molar-refractivity contribution in [1.82, 2.24) is 15.6 Å². The van der Waals surface area contributed by atoms with Gasteiger partial charge in [-0.2, -0.15) is 0 Å². The molecule has 1 saturated heterocycles. The summed E-state index contributed by atoms with van der Waals surface area (Å²) in [6, 6.07) is 3.85. The van der Waals surface area contributed by atoms with Gasteiger partial charge in [0.1, 0.15) is 5.69 Å². The molecule has 2 heterocycles. The van der Waals surface area contributed by atoms with Crippen molar-refractivity contribution in [3.63, 3.8) is 0 Å². The summed E-state index contributed by atoms with van der Waals surface area (Å²) in [7, 11) is 0. The van der Waals surface area contributed by atoms with Gasteiger partial charge in [0.15, 0.2) is 0 Å². The van der Waals surface area contributed by atoms with E-state index in [2.05, 4.69) is 20.5 Å². The first-order valence-electron chi connectivity index (χ1n) is 7.48.